The van der Waals surface area contributed by atoms with Crippen molar-refractivity contribution in [2.45, 2.75) is 19.9 Å². The molecular weight excluding hydrogens is 445 g/mol. The third-order valence-corrected chi connectivity index (χ3v) is 6.13. The van der Waals surface area contributed by atoms with Crippen LogP contribution in [0.5, 0.6) is 5.75 Å². The highest BCUT2D eigenvalue weighted by molar-refractivity contribution is 6.51. The number of amides is 1. The zero-order valence-electron chi connectivity index (χ0n) is 18.2. The summed E-state index contributed by atoms with van der Waals surface area (Å²) >= 11 is 6.26. The first kappa shape index (κ1) is 22.6. The molecule has 1 aliphatic rings. The van der Waals surface area contributed by atoms with Crippen LogP contribution in [0.2, 0.25) is 5.02 Å². The fourth-order valence-electron chi connectivity index (χ4n) is 3.94. The van der Waals surface area contributed by atoms with E-state index < -0.39 is 23.5 Å². The minimum Gasteiger partial charge on any atom is -0.507 e. The number of halogens is 2. The van der Waals surface area contributed by atoms with Gasteiger partial charge in [-0.25, -0.2) is 4.39 Å². The minimum absolute atomic E-state index is 0.0778. The predicted octanol–water partition coefficient (Wildman–Crippen LogP) is 5.73. The molecule has 168 valence electrons. The lowest BCUT2D eigenvalue weighted by molar-refractivity contribution is -0.132. The van der Waals surface area contributed by atoms with Gasteiger partial charge in [0.2, 0.25) is 0 Å². The van der Waals surface area contributed by atoms with E-state index in [1.54, 1.807) is 30.3 Å². The summed E-state index contributed by atoms with van der Waals surface area (Å²) in [5.41, 5.74) is 2.43. The van der Waals surface area contributed by atoms with Gasteiger partial charge in [-0.15, -0.1) is 0 Å². The molecule has 1 saturated heterocycles. The highest BCUT2D eigenvalue weighted by Gasteiger charge is 2.48. The molecule has 3 aromatic carbocycles. The fraction of sp³-hybridized carbons (Fsp3) is 0.154. The van der Waals surface area contributed by atoms with Crippen molar-refractivity contribution in [3.05, 3.63) is 99.3 Å². The number of nitrogens with zero attached hydrogens (tertiary/aromatic N) is 1. The summed E-state index contributed by atoms with van der Waals surface area (Å²) in [6.45, 7) is 3.79. The van der Waals surface area contributed by atoms with Gasteiger partial charge in [0, 0.05) is 16.8 Å². The lowest BCUT2D eigenvalue weighted by Crippen LogP contribution is -2.29. The Hall–Kier alpha value is -3.64. The Labute approximate surface area is 195 Å². The number of aliphatic hydroxyl groups is 1. The molecule has 0 bridgehead atoms. The number of benzene rings is 3. The van der Waals surface area contributed by atoms with Gasteiger partial charge < -0.3 is 9.84 Å². The Bertz CT molecular complexity index is 1320. The summed E-state index contributed by atoms with van der Waals surface area (Å²) in [6.07, 6.45) is 0. The van der Waals surface area contributed by atoms with Crippen molar-refractivity contribution in [1.82, 2.24) is 0 Å². The van der Waals surface area contributed by atoms with Crippen LogP contribution in [-0.4, -0.2) is 23.9 Å². The molecule has 3 aromatic rings. The van der Waals surface area contributed by atoms with Gasteiger partial charge in [-0.05, 0) is 55.3 Å². The summed E-state index contributed by atoms with van der Waals surface area (Å²) in [4.78, 5) is 27.5. The molecule has 0 spiro atoms. The van der Waals surface area contributed by atoms with E-state index in [-0.39, 0.29) is 27.6 Å². The van der Waals surface area contributed by atoms with Crippen LogP contribution in [-0.2, 0) is 9.59 Å². The summed E-state index contributed by atoms with van der Waals surface area (Å²) in [6, 6.07) is 14.4. The van der Waals surface area contributed by atoms with Crippen LogP contribution in [0, 0.1) is 19.7 Å². The second-order valence-electron chi connectivity index (χ2n) is 7.81. The molecule has 1 atom stereocenters. The van der Waals surface area contributed by atoms with Crippen molar-refractivity contribution < 1.29 is 23.8 Å². The molecule has 1 aliphatic heterocycles. The van der Waals surface area contributed by atoms with Gasteiger partial charge in [0.25, 0.3) is 11.7 Å². The second kappa shape index (κ2) is 8.71. The second-order valence-corrected chi connectivity index (χ2v) is 8.22. The quantitative estimate of drug-likeness (QED) is 0.303. The summed E-state index contributed by atoms with van der Waals surface area (Å²) in [5.74, 6) is -2.40. The Morgan fingerprint density at radius 3 is 2.39 bits per heavy atom. The molecule has 7 heteroatoms. The Morgan fingerprint density at radius 2 is 1.76 bits per heavy atom. The molecule has 33 heavy (non-hydrogen) atoms. The Morgan fingerprint density at radius 1 is 1.03 bits per heavy atom. The maximum Gasteiger partial charge on any atom is 0.300 e. The first-order chi connectivity index (χ1) is 15.7. The number of Topliss-reactive ketones (excluding diaryl/α,β-unsaturated/α-hetero) is 1. The molecule has 5 nitrogen and oxygen atoms in total. The number of ketones is 1. The van der Waals surface area contributed by atoms with E-state index in [2.05, 4.69) is 0 Å². The fourth-order valence-corrected chi connectivity index (χ4v) is 4.19. The maximum atomic E-state index is 14.9. The van der Waals surface area contributed by atoms with Crippen LogP contribution in [0.1, 0.15) is 28.3 Å². The third-order valence-electron chi connectivity index (χ3n) is 5.84. The SMILES string of the molecule is COc1ccc(N2C(=O)C(=O)/C(=C(/O)c3ccc(C)c(C)c3)C2c2ccccc2F)cc1Cl. The smallest absolute Gasteiger partial charge is 0.300 e. The predicted molar refractivity (Wildman–Crippen MR) is 125 cm³/mol. The average molecular weight is 466 g/mol. The number of carbonyl (C=O) groups excluding carboxylic acids is 2. The van der Waals surface area contributed by atoms with Crippen molar-refractivity contribution in [3.63, 3.8) is 0 Å². The summed E-state index contributed by atoms with van der Waals surface area (Å²) < 4.78 is 20.1. The van der Waals surface area contributed by atoms with E-state index in [0.29, 0.717) is 11.3 Å². The first-order valence-electron chi connectivity index (χ1n) is 10.2. The molecule has 1 fully saturated rings. The van der Waals surface area contributed by atoms with Gasteiger partial charge in [-0.1, -0.05) is 41.9 Å². The Kier molecular flexibility index (Phi) is 5.95. The highest BCUT2D eigenvalue weighted by Crippen LogP contribution is 2.44. The summed E-state index contributed by atoms with van der Waals surface area (Å²) in [5, 5.41) is 11.4. The van der Waals surface area contributed by atoms with Crippen LogP contribution < -0.4 is 9.64 Å². The molecule has 1 unspecified atom stereocenters. The van der Waals surface area contributed by atoms with Crippen LogP contribution >= 0.6 is 11.6 Å². The lowest BCUT2D eigenvalue weighted by atomic mass is 9.94. The van der Waals surface area contributed by atoms with Crippen molar-refractivity contribution in [2.24, 2.45) is 0 Å². The molecule has 4 rings (SSSR count). The van der Waals surface area contributed by atoms with Gasteiger partial charge in [0.1, 0.15) is 17.3 Å². The minimum atomic E-state index is -1.18. The average Bonchev–Trinajstić information content (AvgIpc) is 3.05. The van der Waals surface area contributed by atoms with E-state index >= 15 is 0 Å². The molecule has 0 aliphatic carbocycles. The Balaban J connectivity index is 1.97. The number of ether oxygens (including phenoxy) is 1. The van der Waals surface area contributed by atoms with E-state index in [0.717, 1.165) is 16.0 Å². The zero-order valence-corrected chi connectivity index (χ0v) is 19.0. The van der Waals surface area contributed by atoms with Crippen LogP contribution in [0.3, 0.4) is 0 Å². The van der Waals surface area contributed by atoms with Gasteiger partial charge in [-0.3, -0.25) is 14.5 Å². The van der Waals surface area contributed by atoms with Gasteiger partial charge in [-0.2, -0.15) is 0 Å². The number of aliphatic hydroxyl groups excluding tert-OH is 1. The van der Waals surface area contributed by atoms with Gasteiger partial charge in [0.05, 0.1) is 23.7 Å². The number of hydrogen-bond donors (Lipinski definition) is 1. The molecule has 0 radical (unpaired) electrons. The normalized spacial score (nSPS) is 17.5. The number of anilines is 1. The van der Waals surface area contributed by atoms with E-state index in [4.69, 9.17) is 16.3 Å². The van der Waals surface area contributed by atoms with E-state index in [1.807, 2.05) is 19.9 Å². The number of methoxy groups -OCH3 is 1. The van der Waals surface area contributed by atoms with Crippen molar-refractivity contribution in [3.8, 4) is 5.75 Å². The third kappa shape index (κ3) is 3.87. The van der Waals surface area contributed by atoms with Crippen LogP contribution in [0.15, 0.2) is 66.2 Å². The van der Waals surface area contributed by atoms with Crippen molar-refractivity contribution in [2.75, 3.05) is 12.0 Å². The topological polar surface area (TPSA) is 66.8 Å². The van der Waals surface area contributed by atoms with Crippen LogP contribution in [0.4, 0.5) is 10.1 Å². The van der Waals surface area contributed by atoms with Gasteiger partial charge in [0.15, 0.2) is 0 Å². The number of hydrogen-bond acceptors (Lipinski definition) is 4. The zero-order chi connectivity index (χ0) is 23.9. The molecule has 0 aromatic heterocycles. The monoisotopic (exact) mass is 465 g/mol. The van der Waals surface area contributed by atoms with E-state index in [1.165, 1.54) is 31.4 Å². The lowest BCUT2D eigenvalue weighted by Gasteiger charge is -2.26. The first-order valence-corrected chi connectivity index (χ1v) is 10.6. The highest BCUT2D eigenvalue weighted by atomic mass is 35.5. The summed E-state index contributed by atoms with van der Waals surface area (Å²) in [7, 11) is 1.45. The molecule has 0 saturated carbocycles. The maximum absolute atomic E-state index is 14.9. The van der Waals surface area contributed by atoms with Crippen LogP contribution in [0.25, 0.3) is 5.76 Å². The number of aryl methyl sites for hydroxylation is 2. The number of carbonyl (C=O) groups is 2. The molecule has 1 N–H and O–H groups in total. The molecule has 1 amide bonds. The molecular formula is C26H21ClFNO4. The van der Waals surface area contributed by atoms with Gasteiger partial charge >= 0.3 is 0 Å². The van der Waals surface area contributed by atoms with Crippen molar-refractivity contribution in [1.29, 1.82) is 0 Å². The largest absolute Gasteiger partial charge is 0.507 e. The van der Waals surface area contributed by atoms with Crippen molar-refractivity contribution >= 4 is 34.7 Å². The molecule has 1 heterocycles. The number of rotatable bonds is 4. The standard InChI is InChI=1S/C26H21ClFNO4/c1-14-8-9-16(12-15(14)2)24(30)22-23(18-6-4-5-7-20(18)28)29(26(32)25(22)31)17-10-11-21(33-3)19(27)13-17/h4-13,23,30H,1-3H3/b24-22+. The van der Waals surface area contributed by atoms with E-state index in [9.17, 15) is 19.1 Å².